The second-order valence-corrected chi connectivity index (χ2v) is 14.4. The van der Waals surface area contributed by atoms with E-state index in [0.717, 1.165) is 6.54 Å². The number of halogens is 1. The van der Waals surface area contributed by atoms with Gasteiger partial charge in [0.1, 0.15) is 13.1 Å². The third kappa shape index (κ3) is 35.7. The standard InChI is InChI=1S/C10H20N2.C10H14.2C5H12.ClH/c1-10(2,3)5-4-7-12-8-6-11-9-12;1-10(2,3)9-7-5-4-6-8-9;2*1-5(2,3)4;/h9H,4-8H2,1-3H3;4-8H,1-3H3;2*1-4H3;1H. The third-order valence-electron chi connectivity index (χ3n) is 3.83. The Kier molecular flexibility index (Phi) is 18.4. The Balaban J connectivity index is -0.000000388. The lowest BCUT2D eigenvalue weighted by Crippen LogP contribution is -3.00. The molecule has 2 nitrogen and oxygen atoms in total. The zero-order valence-electron chi connectivity index (χ0n) is 24.8. The van der Waals surface area contributed by atoms with E-state index in [1.54, 1.807) is 0 Å². The first-order valence-electron chi connectivity index (χ1n) is 12.5. The maximum Gasteiger partial charge on any atom is 0.232 e. The third-order valence-corrected chi connectivity index (χ3v) is 3.83. The van der Waals surface area contributed by atoms with Gasteiger partial charge in [-0.05, 0) is 40.1 Å². The number of rotatable bonds is 3. The van der Waals surface area contributed by atoms with Gasteiger partial charge in [-0.2, -0.15) is 0 Å². The van der Waals surface area contributed by atoms with E-state index < -0.39 is 0 Å². The van der Waals surface area contributed by atoms with Crippen molar-refractivity contribution in [2.45, 2.75) is 115 Å². The number of nitrogens with one attached hydrogen (secondary N) is 1. The number of benzene rings is 1. The van der Waals surface area contributed by atoms with Crippen LogP contribution in [-0.4, -0.2) is 30.5 Å². The van der Waals surface area contributed by atoms with Crippen molar-refractivity contribution >= 4 is 6.34 Å². The van der Waals surface area contributed by atoms with Crippen LogP contribution in [0.2, 0.25) is 0 Å². The molecule has 33 heavy (non-hydrogen) atoms. The monoisotopic (exact) mass is 482 g/mol. The van der Waals surface area contributed by atoms with Crippen LogP contribution < -0.4 is 17.7 Å². The van der Waals surface area contributed by atoms with Crippen LogP contribution in [0.5, 0.6) is 0 Å². The van der Waals surface area contributed by atoms with E-state index in [4.69, 9.17) is 0 Å². The fraction of sp³-hybridized carbons (Fsp3) is 0.767. The molecule has 0 saturated heterocycles. The van der Waals surface area contributed by atoms with Crippen molar-refractivity contribution in [1.29, 1.82) is 0 Å². The molecule has 0 aromatic heterocycles. The fourth-order valence-electron chi connectivity index (χ4n) is 2.39. The Morgan fingerprint density at radius 2 is 1.15 bits per heavy atom. The van der Waals surface area contributed by atoms with Gasteiger partial charge in [-0.25, -0.2) is 0 Å². The molecule has 0 atom stereocenters. The minimum atomic E-state index is 0. The molecule has 2 rings (SSSR count). The highest BCUT2D eigenvalue weighted by Gasteiger charge is 2.13. The Hall–Kier alpha value is -1.02. The Bertz CT molecular complexity index is 582. The second kappa shape index (κ2) is 16.6. The summed E-state index contributed by atoms with van der Waals surface area (Å²) in [6.07, 6.45) is 4.74. The highest BCUT2D eigenvalue weighted by Crippen LogP contribution is 2.21. The van der Waals surface area contributed by atoms with E-state index in [9.17, 15) is 0 Å². The summed E-state index contributed by atoms with van der Waals surface area (Å²) in [4.78, 5) is 0. The van der Waals surface area contributed by atoms with Crippen LogP contribution in [0, 0.1) is 16.2 Å². The van der Waals surface area contributed by atoms with Crippen LogP contribution >= 0.6 is 0 Å². The quantitative estimate of drug-likeness (QED) is 0.558. The molecule has 0 aliphatic carbocycles. The van der Waals surface area contributed by atoms with Crippen molar-refractivity contribution in [2.75, 3.05) is 19.6 Å². The molecular formula is C30H59ClN2. The van der Waals surface area contributed by atoms with E-state index in [0.29, 0.717) is 21.7 Å². The summed E-state index contributed by atoms with van der Waals surface area (Å²) in [5.74, 6) is 0. The van der Waals surface area contributed by atoms with Gasteiger partial charge in [0, 0.05) is 0 Å². The maximum atomic E-state index is 3.22. The molecule has 1 aromatic rings. The molecule has 0 bridgehead atoms. The number of nitrogens with zero attached hydrogens (tertiary/aromatic N) is 1. The van der Waals surface area contributed by atoms with E-state index >= 15 is 0 Å². The summed E-state index contributed by atoms with van der Waals surface area (Å²) in [5.41, 5.74) is 3.18. The van der Waals surface area contributed by atoms with Crippen LogP contribution in [0.3, 0.4) is 0 Å². The second-order valence-electron chi connectivity index (χ2n) is 14.4. The smallest absolute Gasteiger partial charge is 0.232 e. The van der Waals surface area contributed by atoms with Gasteiger partial charge in [-0.3, -0.25) is 9.89 Å². The van der Waals surface area contributed by atoms with Crippen LogP contribution in [0.15, 0.2) is 30.3 Å². The summed E-state index contributed by atoms with van der Waals surface area (Å²) in [6, 6.07) is 10.6. The van der Waals surface area contributed by atoms with Crippen molar-refractivity contribution in [2.24, 2.45) is 16.2 Å². The van der Waals surface area contributed by atoms with Crippen LogP contribution in [0.1, 0.15) is 115 Å². The SMILES string of the molecule is CC(C)(C)C.CC(C)(C)C.CC(C)(C)CCC[N+]1=CNCC1.CC(C)(C)c1ccccc1.[Cl-]. The zero-order chi connectivity index (χ0) is 25.6. The van der Waals surface area contributed by atoms with Crippen molar-refractivity contribution in [3.8, 4) is 0 Å². The lowest BCUT2D eigenvalue weighted by atomic mass is 9.87. The first-order chi connectivity index (χ1) is 14.2. The summed E-state index contributed by atoms with van der Waals surface area (Å²) >= 11 is 0. The van der Waals surface area contributed by atoms with Crippen LogP contribution in [0.4, 0.5) is 0 Å². The molecule has 1 aromatic carbocycles. The van der Waals surface area contributed by atoms with E-state index in [1.165, 1.54) is 31.5 Å². The van der Waals surface area contributed by atoms with Crippen molar-refractivity contribution in [1.82, 2.24) is 5.32 Å². The first kappa shape index (κ1) is 36.5. The molecule has 3 heteroatoms. The van der Waals surface area contributed by atoms with Gasteiger partial charge < -0.3 is 12.4 Å². The van der Waals surface area contributed by atoms with Crippen molar-refractivity contribution < 1.29 is 17.0 Å². The zero-order valence-corrected chi connectivity index (χ0v) is 25.6. The van der Waals surface area contributed by atoms with Crippen molar-refractivity contribution in [3.05, 3.63) is 35.9 Å². The summed E-state index contributed by atoms with van der Waals surface area (Å²) in [7, 11) is 0. The molecule has 0 saturated carbocycles. The Morgan fingerprint density at radius 3 is 1.42 bits per heavy atom. The van der Waals surface area contributed by atoms with Gasteiger partial charge in [0.25, 0.3) is 0 Å². The van der Waals surface area contributed by atoms with Crippen LogP contribution in [0.25, 0.3) is 0 Å². The Morgan fingerprint density at radius 1 is 0.727 bits per heavy atom. The molecule has 196 valence electrons. The van der Waals surface area contributed by atoms with E-state index in [1.807, 2.05) is 0 Å². The van der Waals surface area contributed by atoms with E-state index in [2.05, 4.69) is 143 Å². The highest BCUT2D eigenvalue weighted by atomic mass is 35.5. The molecule has 1 N–H and O–H groups in total. The normalized spacial score (nSPS) is 13.5. The predicted molar refractivity (Wildman–Crippen MR) is 148 cm³/mol. The van der Waals surface area contributed by atoms with Gasteiger partial charge in [0.05, 0.1) is 6.54 Å². The summed E-state index contributed by atoms with van der Waals surface area (Å²) < 4.78 is 2.37. The number of hydrogen-bond acceptors (Lipinski definition) is 1. The molecule has 0 fully saturated rings. The molecule has 1 aliphatic heterocycles. The van der Waals surface area contributed by atoms with Gasteiger partial charge >= 0.3 is 0 Å². The van der Waals surface area contributed by atoms with Crippen molar-refractivity contribution in [3.63, 3.8) is 0 Å². The predicted octanol–water partition coefficient (Wildman–Crippen LogP) is 5.55. The molecule has 0 unspecified atom stereocenters. The first-order valence-corrected chi connectivity index (χ1v) is 12.5. The lowest BCUT2D eigenvalue weighted by Gasteiger charge is -2.18. The molecule has 0 spiro atoms. The van der Waals surface area contributed by atoms with Gasteiger partial charge in [0.15, 0.2) is 0 Å². The lowest BCUT2D eigenvalue weighted by molar-refractivity contribution is -0.514. The average Bonchev–Trinajstić information content (AvgIpc) is 3.04. The fourth-order valence-corrected chi connectivity index (χ4v) is 2.39. The van der Waals surface area contributed by atoms with Gasteiger partial charge in [-0.1, -0.05) is 127 Å². The summed E-state index contributed by atoms with van der Waals surface area (Å²) in [5, 5.41) is 3.22. The van der Waals surface area contributed by atoms with Gasteiger partial charge in [0.2, 0.25) is 6.34 Å². The highest BCUT2D eigenvalue weighted by molar-refractivity contribution is 5.49. The van der Waals surface area contributed by atoms with Crippen LogP contribution in [-0.2, 0) is 5.41 Å². The molecule has 1 heterocycles. The largest absolute Gasteiger partial charge is 1.00 e. The maximum absolute atomic E-state index is 3.22. The molecule has 1 aliphatic rings. The minimum Gasteiger partial charge on any atom is -1.00 e. The summed E-state index contributed by atoms with van der Waals surface area (Å²) in [6.45, 7) is 34.6. The minimum absolute atomic E-state index is 0. The molecular weight excluding hydrogens is 424 g/mol. The average molecular weight is 483 g/mol. The van der Waals surface area contributed by atoms with E-state index in [-0.39, 0.29) is 12.4 Å². The topological polar surface area (TPSA) is 15.0 Å². The number of hydrogen-bond donors (Lipinski definition) is 1. The molecule has 0 amide bonds. The molecule has 0 radical (unpaired) electrons. The Labute approximate surface area is 215 Å². The van der Waals surface area contributed by atoms with Gasteiger partial charge in [-0.15, -0.1) is 0 Å².